The van der Waals surface area contributed by atoms with Crippen molar-refractivity contribution in [3.8, 4) is 5.75 Å². The van der Waals surface area contributed by atoms with Gasteiger partial charge in [-0.2, -0.15) is 0 Å². The van der Waals surface area contributed by atoms with Crippen LogP contribution in [0.2, 0.25) is 0 Å². The van der Waals surface area contributed by atoms with Crippen molar-refractivity contribution >= 4 is 17.9 Å². The Morgan fingerprint density at radius 2 is 2.05 bits per heavy atom. The van der Waals surface area contributed by atoms with Crippen LogP contribution < -0.4 is 15.4 Å². The number of urea groups is 1. The Morgan fingerprint density at radius 3 is 2.67 bits per heavy atom. The number of ether oxygens (including phenoxy) is 1. The summed E-state index contributed by atoms with van der Waals surface area (Å²) >= 11 is 0. The van der Waals surface area contributed by atoms with E-state index in [4.69, 9.17) is 9.84 Å². The first-order valence-electron chi connectivity index (χ1n) is 6.53. The zero-order valence-corrected chi connectivity index (χ0v) is 11.5. The van der Waals surface area contributed by atoms with Gasteiger partial charge >= 0.3 is 12.0 Å². The van der Waals surface area contributed by atoms with Crippen LogP contribution in [0, 0.1) is 6.92 Å². The van der Waals surface area contributed by atoms with Crippen molar-refractivity contribution in [3.63, 3.8) is 0 Å². The van der Waals surface area contributed by atoms with Crippen LogP contribution in [0.15, 0.2) is 18.2 Å². The maximum Gasteiger partial charge on any atom is 0.336 e. The first kappa shape index (κ1) is 14.8. The molecule has 3 N–H and O–H groups in total. The molecule has 0 radical (unpaired) electrons. The van der Waals surface area contributed by atoms with E-state index in [-0.39, 0.29) is 18.2 Å². The van der Waals surface area contributed by atoms with Gasteiger partial charge in [0.2, 0.25) is 0 Å². The molecule has 2 rings (SSSR count). The summed E-state index contributed by atoms with van der Waals surface area (Å²) in [5.74, 6) is -1.35. The molecule has 1 saturated carbocycles. The summed E-state index contributed by atoms with van der Waals surface area (Å²) in [6.45, 7) is 1.23. The highest BCUT2D eigenvalue weighted by Gasteiger charge is 2.24. The first-order valence-corrected chi connectivity index (χ1v) is 6.53. The SMILES string of the molecule is Cc1c(OCC(=O)NC(=O)NC2CC2)cccc1C(=O)O. The van der Waals surface area contributed by atoms with Gasteiger partial charge in [-0.15, -0.1) is 0 Å². The first-order chi connectivity index (χ1) is 9.97. The Kier molecular flexibility index (Phi) is 4.42. The number of carboxylic acid groups (broad SMARTS) is 1. The number of carbonyl (C=O) groups excluding carboxylic acids is 2. The van der Waals surface area contributed by atoms with E-state index in [9.17, 15) is 14.4 Å². The lowest BCUT2D eigenvalue weighted by molar-refractivity contribution is -0.122. The van der Waals surface area contributed by atoms with E-state index >= 15 is 0 Å². The quantitative estimate of drug-likeness (QED) is 0.752. The summed E-state index contributed by atoms with van der Waals surface area (Å²) in [4.78, 5) is 33.9. The largest absolute Gasteiger partial charge is 0.483 e. The van der Waals surface area contributed by atoms with Gasteiger partial charge in [0.25, 0.3) is 5.91 Å². The molecule has 0 unspecified atom stereocenters. The standard InChI is InChI=1S/C14H16N2O5/c1-8-10(13(18)19)3-2-4-11(8)21-7-12(17)16-14(20)15-9-5-6-9/h2-4,9H,5-7H2,1H3,(H,18,19)(H2,15,16,17,20). The summed E-state index contributed by atoms with van der Waals surface area (Å²) < 4.78 is 5.26. The van der Waals surface area contributed by atoms with Crippen LogP contribution in [0.25, 0.3) is 0 Å². The van der Waals surface area contributed by atoms with Gasteiger partial charge < -0.3 is 15.2 Å². The van der Waals surface area contributed by atoms with E-state index in [2.05, 4.69) is 10.6 Å². The van der Waals surface area contributed by atoms with Crippen LogP contribution in [0.4, 0.5) is 4.79 Å². The second-order valence-corrected chi connectivity index (χ2v) is 4.82. The van der Waals surface area contributed by atoms with Gasteiger partial charge in [-0.3, -0.25) is 10.1 Å². The van der Waals surface area contributed by atoms with Crippen molar-refractivity contribution in [1.82, 2.24) is 10.6 Å². The third-order valence-electron chi connectivity index (χ3n) is 3.04. The number of carbonyl (C=O) groups is 3. The summed E-state index contributed by atoms with van der Waals surface area (Å²) in [7, 11) is 0. The molecule has 1 fully saturated rings. The Bertz CT molecular complexity index is 581. The molecule has 7 heteroatoms. The Balaban J connectivity index is 1.87. The molecule has 0 aromatic heterocycles. The summed E-state index contributed by atoms with van der Waals surface area (Å²) in [5, 5.41) is 13.8. The second-order valence-electron chi connectivity index (χ2n) is 4.82. The number of hydrogen-bond donors (Lipinski definition) is 3. The van der Waals surface area contributed by atoms with E-state index in [1.807, 2.05) is 0 Å². The molecule has 1 aromatic rings. The fraction of sp³-hybridized carbons (Fsp3) is 0.357. The van der Waals surface area contributed by atoms with E-state index in [0.29, 0.717) is 11.3 Å². The number of amides is 3. The summed E-state index contributed by atoms with van der Waals surface area (Å²) in [5.41, 5.74) is 0.541. The van der Waals surface area contributed by atoms with Crippen molar-refractivity contribution in [3.05, 3.63) is 29.3 Å². The van der Waals surface area contributed by atoms with Crippen molar-refractivity contribution in [2.75, 3.05) is 6.61 Å². The predicted octanol–water partition coefficient (Wildman–Crippen LogP) is 1.06. The molecule has 7 nitrogen and oxygen atoms in total. The zero-order chi connectivity index (χ0) is 15.4. The van der Waals surface area contributed by atoms with Crippen LogP contribution in [-0.4, -0.2) is 35.7 Å². The summed E-state index contributed by atoms with van der Waals surface area (Å²) in [6.07, 6.45) is 1.86. The molecule has 1 aliphatic carbocycles. The van der Waals surface area contributed by atoms with Crippen LogP contribution in [0.3, 0.4) is 0 Å². The fourth-order valence-corrected chi connectivity index (χ4v) is 1.76. The van der Waals surface area contributed by atoms with Crippen LogP contribution in [0.1, 0.15) is 28.8 Å². The third kappa shape index (κ3) is 4.20. The van der Waals surface area contributed by atoms with Crippen LogP contribution in [0.5, 0.6) is 5.75 Å². The van der Waals surface area contributed by atoms with Crippen molar-refractivity contribution < 1.29 is 24.2 Å². The van der Waals surface area contributed by atoms with Gasteiger partial charge in [-0.25, -0.2) is 9.59 Å². The molecule has 21 heavy (non-hydrogen) atoms. The normalized spacial score (nSPS) is 13.4. The average molecular weight is 292 g/mol. The summed E-state index contributed by atoms with van der Waals surface area (Å²) in [6, 6.07) is 4.17. The monoisotopic (exact) mass is 292 g/mol. The molecule has 0 bridgehead atoms. The topological polar surface area (TPSA) is 105 Å². The lowest BCUT2D eigenvalue weighted by atomic mass is 10.1. The highest BCUT2D eigenvalue weighted by molar-refractivity contribution is 5.95. The molecule has 0 aliphatic heterocycles. The van der Waals surface area contributed by atoms with Gasteiger partial charge in [-0.05, 0) is 31.9 Å². The van der Waals surface area contributed by atoms with Crippen LogP contribution in [-0.2, 0) is 4.79 Å². The van der Waals surface area contributed by atoms with Gasteiger partial charge in [0.05, 0.1) is 5.56 Å². The molecular formula is C14H16N2O5. The lowest BCUT2D eigenvalue weighted by Gasteiger charge is -2.11. The van der Waals surface area contributed by atoms with E-state index in [0.717, 1.165) is 12.8 Å². The maximum atomic E-state index is 11.5. The Labute approximate surface area is 121 Å². The molecule has 0 saturated heterocycles. The molecule has 0 heterocycles. The van der Waals surface area contributed by atoms with Crippen molar-refractivity contribution in [1.29, 1.82) is 0 Å². The number of carboxylic acids is 1. The minimum absolute atomic E-state index is 0.111. The number of nitrogens with one attached hydrogen (secondary N) is 2. The van der Waals surface area contributed by atoms with E-state index in [1.54, 1.807) is 13.0 Å². The number of rotatable bonds is 5. The molecule has 1 aromatic carbocycles. The highest BCUT2D eigenvalue weighted by atomic mass is 16.5. The highest BCUT2D eigenvalue weighted by Crippen LogP contribution is 2.21. The van der Waals surface area contributed by atoms with Gasteiger partial charge in [-0.1, -0.05) is 6.07 Å². The third-order valence-corrected chi connectivity index (χ3v) is 3.04. The molecule has 1 aliphatic rings. The van der Waals surface area contributed by atoms with Gasteiger partial charge in [0.15, 0.2) is 6.61 Å². The zero-order valence-electron chi connectivity index (χ0n) is 11.5. The smallest absolute Gasteiger partial charge is 0.336 e. The number of imide groups is 1. The van der Waals surface area contributed by atoms with Gasteiger partial charge in [0.1, 0.15) is 5.75 Å². The lowest BCUT2D eigenvalue weighted by Crippen LogP contribution is -2.42. The minimum Gasteiger partial charge on any atom is -0.483 e. The molecule has 3 amide bonds. The van der Waals surface area contributed by atoms with E-state index < -0.39 is 17.9 Å². The fourth-order valence-electron chi connectivity index (χ4n) is 1.76. The number of hydrogen-bond acceptors (Lipinski definition) is 4. The molecule has 0 atom stereocenters. The Hall–Kier alpha value is -2.57. The second kappa shape index (κ2) is 6.25. The average Bonchev–Trinajstić information content (AvgIpc) is 3.20. The number of aromatic carboxylic acids is 1. The molecular weight excluding hydrogens is 276 g/mol. The minimum atomic E-state index is -1.06. The van der Waals surface area contributed by atoms with E-state index in [1.165, 1.54) is 12.1 Å². The van der Waals surface area contributed by atoms with Crippen molar-refractivity contribution in [2.45, 2.75) is 25.8 Å². The molecule has 0 spiro atoms. The van der Waals surface area contributed by atoms with Crippen molar-refractivity contribution in [2.24, 2.45) is 0 Å². The number of benzene rings is 1. The van der Waals surface area contributed by atoms with Crippen LogP contribution >= 0.6 is 0 Å². The van der Waals surface area contributed by atoms with Gasteiger partial charge in [0, 0.05) is 11.6 Å². The molecule has 112 valence electrons. The predicted molar refractivity (Wildman–Crippen MR) is 73.3 cm³/mol. The Morgan fingerprint density at radius 1 is 1.33 bits per heavy atom. The maximum absolute atomic E-state index is 11.5.